The molecule has 1 aliphatic heterocycles. The number of carbonyl (C=O) groups excluding carboxylic acids is 2. The summed E-state index contributed by atoms with van der Waals surface area (Å²) in [6.07, 6.45) is 0. The lowest BCUT2D eigenvalue weighted by molar-refractivity contribution is -0.384. The predicted octanol–water partition coefficient (Wildman–Crippen LogP) is 1.99. The highest BCUT2D eigenvalue weighted by atomic mass is 32.2. The van der Waals surface area contributed by atoms with Gasteiger partial charge in [-0.1, -0.05) is 0 Å². The maximum absolute atomic E-state index is 12.6. The van der Waals surface area contributed by atoms with Gasteiger partial charge in [-0.25, -0.2) is 22.3 Å². The Morgan fingerprint density at radius 2 is 1.68 bits per heavy atom. The Labute approximate surface area is 196 Å². The number of nitrogens with one attached hydrogen (secondary N) is 1. The van der Waals surface area contributed by atoms with Crippen molar-refractivity contribution in [1.82, 2.24) is 9.21 Å². The van der Waals surface area contributed by atoms with E-state index < -0.39 is 20.9 Å². The minimum atomic E-state index is -3.56. The number of urea groups is 1. The SMILES string of the molecule is COC(=O)c1ccc(N2CCN(C(=O)Nc3ccc(S(=O)(=O)N(C)C)cc3)CC2)c([N+](=O)[O-])c1. The summed E-state index contributed by atoms with van der Waals surface area (Å²) in [5.74, 6) is -0.663. The maximum Gasteiger partial charge on any atom is 0.338 e. The van der Waals surface area contributed by atoms with Gasteiger partial charge in [0.25, 0.3) is 5.69 Å². The van der Waals surface area contributed by atoms with Crippen molar-refractivity contribution in [3.05, 3.63) is 58.1 Å². The molecular formula is C21H25N5O7S. The first-order valence-corrected chi connectivity index (χ1v) is 11.7. The number of ether oxygens (including phenoxy) is 1. The van der Waals surface area contributed by atoms with Gasteiger partial charge in [0.1, 0.15) is 5.69 Å². The Morgan fingerprint density at radius 1 is 1.06 bits per heavy atom. The van der Waals surface area contributed by atoms with Gasteiger partial charge in [-0.2, -0.15) is 0 Å². The van der Waals surface area contributed by atoms with E-state index in [0.717, 1.165) is 4.31 Å². The van der Waals surface area contributed by atoms with Crippen molar-refractivity contribution in [2.75, 3.05) is 57.6 Å². The highest BCUT2D eigenvalue weighted by Crippen LogP contribution is 2.30. The number of benzene rings is 2. The summed E-state index contributed by atoms with van der Waals surface area (Å²) >= 11 is 0. The normalized spacial score (nSPS) is 14.1. The number of nitro groups is 1. The average Bonchev–Trinajstić information content (AvgIpc) is 2.83. The fourth-order valence-corrected chi connectivity index (χ4v) is 4.36. The lowest BCUT2D eigenvalue weighted by atomic mass is 10.1. The fraction of sp³-hybridized carbons (Fsp3) is 0.333. The Balaban J connectivity index is 1.64. The molecule has 2 aromatic carbocycles. The number of carbonyl (C=O) groups is 2. The molecule has 3 rings (SSSR count). The number of amides is 2. The number of hydrogen-bond acceptors (Lipinski definition) is 8. The molecule has 1 N–H and O–H groups in total. The van der Waals surface area contributed by atoms with Crippen LogP contribution < -0.4 is 10.2 Å². The molecule has 0 spiro atoms. The Bertz CT molecular complexity index is 1190. The van der Waals surface area contributed by atoms with Crippen LogP contribution >= 0.6 is 0 Å². The van der Waals surface area contributed by atoms with Crippen molar-refractivity contribution < 1.29 is 27.7 Å². The molecule has 2 aromatic rings. The molecule has 0 aliphatic carbocycles. The average molecular weight is 492 g/mol. The number of nitro benzene ring substituents is 1. The van der Waals surface area contributed by atoms with Gasteiger partial charge in [0.15, 0.2) is 0 Å². The molecule has 0 aromatic heterocycles. The second-order valence-electron chi connectivity index (χ2n) is 7.67. The molecule has 0 saturated carbocycles. The summed E-state index contributed by atoms with van der Waals surface area (Å²) in [5.41, 5.74) is 0.670. The van der Waals surface area contributed by atoms with E-state index in [0.29, 0.717) is 37.6 Å². The summed E-state index contributed by atoms with van der Waals surface area (Å²) < 4.78 is 30.0. The third-order valence-electron chi connectivity index (χ3n) is 5.38. The summed E-state index contributed by atoms with van der Waals surface area (Å²) in [6.45, 7) is 1.33. The van der Waals surface area contributed by atoms with Crippen LogP contribution in [0, 0.1) is 10.1 Å². The topological polar surface area (TPSA) is 142 Å². The van der Waals surface area contributed by atoms with Crippen molar-refractivity contribution in [3.8, 4) is 0 Å². The van der Waals surface area contributed by atoms with Gasteiger partial charge in [0.2, 0.25) is 10.0 Å². The van der Waals surface area contributed by atoms with Crippen LogP contribution in [-0.4, -0.2) is 81.9 Å². The lowest BCUT2D eigenvalue weighted by Crippen LogP contribution is -2.50. The van der Waals surface area contributed by atoms with Crippen LogP contribution in [0.15, 0.2) is 47.4 Å². The first-order valence-electron chi connectivity index (χ1n) is 10.2. The number of rotatable bonds is 6. The molecule has 0 atom stereocenters. The minimum Gasteiger partial charge on any atom is -0.465 e. The van der Waals surface area contributed by atoms with E-state index in [1.54, 1.807) is 9.80 Å². The summed E-state index contributed by atoms with van der Waals surface area (Å²) in [5, 5.41) is 14.3. The molecule has 1 fully saturated rings. The number of sulfonamides is 1. The van der Waals surface area contributed by atoms with E-state index in [4.69, 9.17) is 0 Å². The van der Waals surface area contributed by atoms with Gasteiger partial charge in [0, 0.05) is 52.0 Å². The smallest absolute Gasteiger partial charge is 0.338 e. The van der Waals surface area contributed by atoms with Crippen molar-refractivity contribution >= 4 is 39.1 Å². The monoisotopic (exact) mass is 491 g/mol. The first kappa shape index (κ1) is 24.9. The minimum absolute atomic E-state index is 0.0837. The van der Waals surface area contributed by atoms with Gasteiger partial charge in [-0.3, -0.25) is 10.1 Å². The molecule has 1 aliphatic rings. The number of hydrogen-bond donors (Lipinski definition) is 1. The Morgan fingerprint density at radius 3 is 2.21 bits per heavy atom. The van der Waals surface area contributed by atoms with Gasteiger partial charge < -0.3 is 19.9 Å². The van der Waals surface area contributed by atoms with Gasteiger partial charge >= 0.3 is 12.0 Å². The third kappa shape index (κ3) is 5.26. The second kappa shape index (κ2) is 10.1. The number of nitrogens with zero attached hydrogens (tertiary/aromatic N) is 4. The van der Waals surface area contributed by atoms with Crippen molar-refractivity contribution in [2.45, 2.75) is 4.90 Å². The highest BCUT2D eigenvalue weighted by Gasteiger charge is 2.27. The zero-order chi connectivity index (χ0) is 25.0. The van der Waals surface area contributed by atoms with Gasteiger partial charge in [-0.05, 0) is 36.4 Å². The molecule has 0 bridgehead atoms. The number of methoxy groups -OCH3 is 1. The molecule has 12 nitrogen and oxygen atoms in total. The summed E-state index contributed by atoms with van der Waals surface area (Å²) in [4.78, 5) is 38.8. The highest BCUT2D eigenvalue weighted by molar-refractivity contribution is 7.89. The van der Waals surface area contributed by atoms with E-state index in [2.05, 4.69) is 10.1 Å². The van der Waals surface area contributed by atoms with Crippen LogP contribution in [0.3, 0.4) is 0 Å². The van der Waals surface area contributed by atoms with E-state index in [1.165, 1.54) is 63.7 Å². The molecule has 13 heteroatoms. The first-order chi connectivity index (χ1) is 16.0. The molecule has 2 amide bonds. The van der Waals surface area contributed by atoms with E-state index in [9.17, 15) is 28.1 Å². The van der Waals surface area contributed by atoms with Crippen molar-refractivity contribution in [3.63, 3.8) is 0 Å². The Hall–Kier alpha value is -3.71. The quantitative estimate of drug-likeness (QED) is 0.367. The third-order valence-corrected chi connectivity index (χ3v) is 7.21. The maximum atomic E-state index is 12.6. The fourth-order valence-electron chi connectivity index (χ4n) is 3.46. The van der Waals surface area contributed by atoms with Gasteiger partial charge in [-0.15, -0.1) is 0 Å². The second-order valence-corrected chi connectivity index (χ2v) is 9.82. The lowest BCUT2D eigenvalue weighted by Gasteiger charge is -2.35. The summed E-state index contributed by atoms with van der Waals surface area (Å²) in [7, 11) is 0.513. The molecule has 0 unspecified atom stereocenters. The number of piperazine rings is 1. The van der Waals surface area contributed by atoms with Crippen LogP contribution in [0.4, 0.5) is 21.9 Å². The zero-order valence-corrected chi connectivity index (χ0v) is 19.7. The molecule has 1 saturated heterocycles. The standard InChI is InChI=1S/C21H25N5O7S/c1-23(2)34(31,32)17-7-5-16(6-8-17)22-21(28)25-12-10-24(11-13-25)18-9-4-15(20(27)33-3)14-19(18)26(29)30/h4-9,14H,10-13H2,1-3H3,(H,22,28). The largest absolute Gasteiger partial charge is 0.465 e. The molecular weight excluding hydrogens is 466 g/mol. The van der Waals surface area contributed by atoms with Crippen LogP contribution in [0.2, 0.25) is 0 Å². The molecule has 0 radical (unpaired) electrons. The van der Waals surface area contributed by atoms with Crippen molar-refractivity contribution in [2.24, 2.45) is 0 Å². The molecule has 34 heavy (non-hydrogen) atoms. The van der Waals surface area contributed by atoms with Crippen LogP contribution in [0.5, 0.6) is 0 Å². The predicted molar refractivity (Wildman–Crippen MR) is 125 cm³/mol. The number of anilines is 2. The summed E-state index contributed by atoms with van der Waals surface area (Å²) in [6, 6.07) is 9.64. The zero-order valence-electron chi connectivity index (χ0n) is 18.9. The molecule has 1 heterocycles. The van der Waals surface area contributed by atoms with Gasteiger partial charge in [0.05, 0.1) is 22.5 Å². The van der Waals surface area contributed by atoms with E-state index in [1.807, 2.05) is 0 Å². The number of esters is 1. The Kier molecular flexibility index (Phi) is 7.37. The van der Waals surface area contributed by atoms with Crippen LogP contribution in [0.25, 0.3) is 0 Å². The molecule has 182 valence electrons. The van der Waals surface area contributed by atoms with Crippen LogP contribution in [-0.2, 0) is 14.8 Å². The van der Waals surface area contributed by atoms with E-state index in [-0.39, 0.29) is 22.2 Å². The van der Waals surface area contributed by atoms with Crippen molar-refractivity contribution in [1.29, 1.82) is 0 Å². The van der Waals surface area contributed by atoms with Crippen LogP contribution in [0.1, 0.15) is 10.4 Å². The van der Waals surface area contributed by atoms with E-state index >= 15 is 0 Å².